The zero-order chi connectivity index (χ0) is 7.98. The monoisotopic (exact) mass is 313 g/mol. The summed E-state index contributed by atoms with van der Waals surface area (Å²) in [6, 6.07) is 0. The maximum Gasteiger partial charge on any atom is 1.00 e. The Morgan fingerprint density at radius 1 is 1.27 bits per heavy atom. The molecule has 0 radical (unpaired) electrons. The SMILES string of the molecule is OCCN(CCO)C(=S)[S-].[Cs+]. The molecule has 0 saturated heterocycles. The van der Waals surface area contributed by atoms with Gasteiger partial charge in [0.25, 0.3) is 0 Å². The second-order valence-corrected chi connectivity index (χ2v) is 2.73. The van der Waals surface area contributed by atoms with E-state index < -0.39 is 0 Å². The Kier molecular flexibility index (Phi) is 14.4. The van der Waals surface area contributed by atoms with Gasteiger partial charge < -0.3 is 40.0 Å². The number of aliphatic hydroxyl groups excluding tert-OH is 2. The summed E-state index contributed by atoms with van der Waals surface area (Å²) in [5.41, 5.74) is 0. The molecule has 0 fully saturated rings. The first-order valence-electron chi connectivity index (χ1n) is 2.90. The third kappa shape index (κ3) is 8.41. The number of aliphatic hydroxyl groups is 2. The maximum atomic E-state index is 8.48. The minimum atomic E-state index is 0. The Labute approximate surface area is 136 Å². The predicted octanol–water partition coefficient (Wildman–Crippen LogP) is -3.89. The molecule has 0 amide bonds. The Hall–Kier alpha value is 2.08. The van der Waals surface area contributed by atoms with E-state index in [2.05, 4.69) is 24.8 Å². The van der Waals surface area contributed by atoms with Crippen molar-refractivity contribution in [1.82, 2.24) is 4.90 Å². The Morgan fingerprint density at radius 3 is 1.82 bits per heavy atom. The quantitative estimate of drug-likeness (QED) is 0.411. The van der Waals surface area contributed by atoms with E-state index in [1.165, 1.54) is 0 Å². The molecule has 2 N–H and O–H groups in total. The average molecular weight is 313 g/mol. The minimum absolute atomic E-state index is 0. The molecule has 0 heterocycles. The number of hydrogen-bond donors (Lipinski definition) is 2. The molecule has 60 valence electrons. The molecular weight excluding hydrogens is 303 g/mol. The first-order chi connectivity index (χ1) is 4.72. The van der Waals surface area contributed by atoms with Crippen molar-refractivity contribution in [2.24, 2.45) is 0 Å². The van der Waals surface area contributed by atoms with Crippen LogP contribution in [0.3, 0.4) is 0 Å². The molecule has 0 spiro atoms. The number of hydrogen-bond acceptors (Lipinski definition) is 4. The van der Waals surface area contributed by atoms with Crippen molar-refractivity contribution in [1.29, 1.82) is 0 Å². The van der Waals surface area contributed by atoms with Crippen LogP contribution in [0.1, 0.15) is 0 Å². The summed E-state index contributed by atoms with van der Waals surface area (Å²) in [4.78, 5) is 1.57. The minimum Gasteiger partial charge on any atom is -0.411 e. The molecule has 0 unspecified atom stereocenters. The van der Waals surface area contributed by atoms with Gasteiger partial charge in [-0.3, -0.25) is 0 Å². The van der Waals surface area contributed by atoms with Crippen LogP contribution in [0.2, 0.25) is 0 Å². The standard InChI is InChI=1S/C5H11NO2S2.Cs/c7-3-1-6(2-4-8)5(9)10;/h7-8H,1-4H2,(H,9,10);/q;+1/p-1. The molecule has 0 bridgehead atoms. The largest absolute Gasteiger partial charge is 1.00 e. The van der Waals surface area contributed by atoms with Crippen LogP contribution in [-0.4, -0.2) is 45.7 Å². The van der Waals surface area contributed by atoms with Gasteiger partial charge >= 0.3 is 68.9 Å². The summed E-state index contributed by atoms with van der Waals surface area (Å²) in [6.07, 6.45) is 0. The second kappa shape index (κ2) is 10.2. The van der Waals surface area contributed by atoms with E-state index in [0.29, 0.717) is 17.4 Å². The maximum absolute atomic E-state index is 8.48. The second-order valence-electron chi connectivity index (χ2n) is 1.70. The fraction of sp³-hybridized carbons (Fsp3) is 0.800. The van der Waals surface area contributed by atoms with Gasteiger partial charge in [0.2, 0.25) is 0 Å². The Balaban J connectivity index is 0. The molecular formula is C5H10CsNO2S2. The topological polar surface area (TPSA) is 43.7 Å². The third-order valence-corrected chi connectivity index (χ3v) is 1.51. The first-order valence-corrected chi connectivity index (χ1v) is 3.71. The normalized spacial score (nSPS) is 8.55. The first kappa shape index (κ1) is 15.5. The number of rotatable bonds is 4. The average Bonchev–Trinajstić information content (AvgIpc) is 1.87. The van der Waals surface area contributed by atoms with Crippen LogP contribution in [0.4, 0.5) is 0 Å². The van der Waals surface area contributed by atoms with Crippen molar-refractivity contribution in [2.75, 3.05) is 26.3 Å². The smallest absolute Gasteiger partial charge is 0.411 e. The third-order valence-electron chi connectivity index (χ3n) is 0.998. The van der Waals surface area contributed by atoms with Gasteiger partial charge in [0.15, 0.2) is 0 Å². The van der Waals surface area contributed by atoms with Gasteiger partial charge in [-0.2, -0.15) is 0 Å². The fourth-order valence-corrected chi connectivity index (χ4v) is 0.901. The Bertz CT molecular complexity index is 109. The van der Waals surface area contributed by atoms with E-state index >= 15 is 0 Å². The van der Waals surface area contributed by atoms with E-state index in [4.69, 9.17) is 10.2 Å². The summed E-state index contributed by atoms with van der Waals surface area (Å²) in [5, 5.41) is 17.0. The molecule has 0 aliphatic heterocycles. The van der Waals surface area contributed by atoms with Gasteiger partial charge in [0.1, 0.15) is 0 Å². The van der Waals surface area contributed by atoms with Crippen LogP contribution in [0.15, 0.2) is 0 Å². The van der Waals surface area contributed by atoms with Crippen molar-refractivity contribution < 1.29 is 79.1 Å². The molecule has 0 aromatic rings. The van der Waals surface area contributed by atoms with Gasteiger partial charge in [-0.15, -0.1) is 0 Å². The van der Waals surface area contributed by atoms with Crippen molar-refractivity contribution in [3.63, 3.8) is 0 Å². The molecule has 6 heteroatoms. The van der Waals surface area contributed by atoms with Gasteiger partial charge in [-0.1, -0.05) is 4.32 Å². The zero-order valence-corrected chi connectivity index (χ0v) is 14.4. The van der Waals surface area contributed by atoms with E-state index in [-0.39, 0.29) is 82.1 Å². The predicted molar refractivity (Wildman–Crippen MR) is 45.7 cm³/mol. The van der Waals surface area contributed by atoms with Gasteiger partial charge in [0, 0.05) is 13.1 Å². The van der Waals surface area contributed by atoms with Crippen molar-refractivity contribution in [3.05, 3.63) is 0 Å². The Morgan fingerprint density at radius 2 is 1.64 bits per heavy atom. The molecule has 3 nitrogen and oxygen atoms in total. The van der Waals surface area contributed by atoms with Crippen LogP contribution in [0.5, 0.6) is 0 Å². The van der Waals surface area contributed by atoms with Gasteiger partial charge in [-0.25, -0.2) is 0 Å². The molecule has 0 atom stereocenters. The van der Waals surface area contributed by atoms with E-state index in [0.717, 1.165) is 0 Å². The van der Waals surface area contributed by atoms with Gasteiger partial charge in [0.05, 0.1) is 13.2 Å². The van der Waals surface area contributed by atoms with Crippen molar-refractivity contribution in [3.8, 4) is 0 Å². The van der Waals surface area contributed by atoms with E-state index in [1.54, 1.807) is 4.90 Å². The number of nitrogens with zero attached hydrogens (tertiary/aromatic N) is 1. The van der Waals surface area contributed by atoms with Crippen LogP contribution < -0.4 is 68.9 Å². The summed E-state index contributed by atoms with van der Waals surface area (Å²) in [6.45, 7) is 0.833. The molecule has 0 rings (SSSR count). The summed E-state index contributed by atoms with van der Waals surface area (Å²) >= 11 is 9.33. The molecule has 0 aromatic heterocycles. The molecule has 0 aromatic carbocycles. The molecule has 0 aliphatic carbocycles. The van der Waals surface area contributed by atoms with Crippen LogP contribution in [0, 0.1) is 0 Å². The summed E-state index contributed by atoms with van der Waals surface area (Å²) in [5.74, 6) is 0. The van der Waals surface area contributed by atoms with Crippen LogP contribution in [-0.2, 0) is 12.6 Å². The van der Waals surface area contributed by atoms with Gasteiger partial charge in [-0.05, 0) is 0 Å². The number of thiocarbonyl (C=S) groups is 1. The molecule has 0 aliphatic rings. The van der Waals surface area contributed by atoms with Crippen molar-refractivity contribution >= 4 is 29.2 Å². The van der Waals surface area contributed by atoms with Crippen LogP contribution in [0.25, 0.3) is 0 Å². The van der Waals surface area contributed by atoms with Crippen molar-refractivity contribution in [2.45, 2.75) is 0 Å². The zero-order valence-electron chi connectivity index (χ0n) is 6.49. The summed E-state index contributed by atoms with van der Waals surface area (Å²) in [7, 11) is 0. The van der Waals surface area contributed by atoms with Crippen LogP contribution >= 0.6 is 12.2 Å². The van der Waals surface area contributed by atoms with E-state index in [1.807, 2.05) is 0 Å². The molecule has 11 heavy (non-hydrogen) atoms. The van der Waals surface area contributed by atoms with E-state index in [9.17, 15) is 0 Å². The fourth-order valence-electron chi connectivity index (χ4n) is 0.536. The summed E-state index contributed by atoms with van der Waals surface area (Å²) < 4.78 is 0.295. The molecule has 0 saturated carbocycles.